The van der Waals surface area contributed by atoms with Crippen molar-refractivity contribution in [1.82, 2.24) is 0 Å². The number of carbonyl (C=O) groups excluding carboxylic acids is 1. The molecule has 0 radical (unpaired) electrons. The third-order valence-electron chi connectivity index (χ3n) is 9.48. The van der Waals surface area contributed by atoms with Gasteiger partial charge in [0.2, 0.25) is 0 Å². The summed E-state index contributed by atoms with van der Waals surface area (Å²) in [5.74, 6) is 1.47. The average molecular weight is 477 g/mol. The van der Waals surface area contributed by atoms with Crippen molar-refractivity contribution in [2.45, 2.75) is 83.5 Å². The number of Topliss-reactive ketones (excluding diaryl/α,β-unsaturated/α-hetero) is 1. The summed E-state index contributed by atoms with van der Waals surface area (Å²) in [6, 6.07) is 21.8. The van der Waals surface area contributed by atoms with Crippen molar-refractivity contribution in [3.8, 4) is 0 Å². The van der Waals surface area contributed by atoms with E-state index in [1.165, 1.54) is 16.8 Å². The molecule has 0 bridgehead atoms. The first-order chi connectivity index (χ1) is 16.2. The second kappa shape index (κ2) is 8.43. The van der Waals surface area contributed by atoms with Crippen molar-refractivity contribution in [3.63, 3.8) is 0 Å². The molecule has 2 aliphatic carbocycles. The zero-order chi connectivity index (χ0) is 24.2. The Balaban J connectivity index is 1.37. The lowest BCUT2D eigenvalue weighted by molar-refractivity contribution is -0.122. The van der Waals surface area contributed by atoms with Crippen LogP contribution in [0.3, 0.4) is 0 Å². The number of rotatable bonds is 7. The van der Waals surface area contributed by atoms with Gasteiger partial charge in [-0.25, -0.2) is 0 Å². The van der Waals surface area contributed by atoms with E-state index in [2.05, 4.69) is 95.3 Å². The zero-order valence-corrected chi connectivity index (χ0v) is 22.5. The van der Waals surface area contributed by atoms with Crippen LogP contribution >= 0.6 is 0 Å². The molecule has 0 unspecified atom stereocenters. The lowest BCUT2D eigenvalue weighted by Crippen LogP contribution is -2.66. The molecule has 1 spiro atoms. The summed E-state index contributed by atoms with van der Waals surface area (Å²) in [6.45, 7) is 12.6. The van der Waals surface area contributed by atoms with Crippen LogP contribution in [0.5, 0.6) is 0 Å². The standard InChI is InChI=1S/C30H40O3Si/c1-22(25-16-20-30-27(33-30)26(31)17-19-29(25,30)5)18-21-32-34(28(2,3)4,23-12-8-6-9-13-23)24-14-10-7-11-15-24/h6-15,22,25,27H,16-21H2,1-5H3/t22-,25-,27+,29-,30+/m1/s1. The lowest BCUT2D eigenvalue weighted by atomic mass is 9.62. The Hall–Kier alpha value is -1.75. The van der Waals surface area contributed by atoms with Crippen molar-refractivity contribution >= 4 is 24.5 Å². The van der Waals surface area contributed by atoms with Crippen molar-refractivity contribution in [1.29, 1.82) is 0 Å². The predicted molar refractivity (Wildman–Crippen MR) is 140 cm³/mol. The van der Waals surface area contributed by atoms with E-state index in [0.717, 1.165) is 25.9 Å². The molecule has 182 valence electrons. The molecule has 5 rings (SSSR count). The van der Waals surface area contributed by atoms with E-state index in [4.69, 9.17) is 9.16 Å². The van der Waals surface area contributed by atoms with Crippen molar-refractivity contribution in [2.75, 3.05) is 6.61 Å². The molecule has 1 heterocycles. The van der Waals surface area contributed by atoms with Gasteiger partial charge in [-0.1, -0.05) is 95.3 Å². The van der Waals surface area contributed by atoms with Crippen LogP contribution in [0, 0.1) is 17.3 Å². The molecule has 1 saturated heterocycles. The lowest BCUT2D eigenvalue weighted by Gasteiger charge is -2.44. The van der Waals surface area contributed by atoms with E-state index in [1.54, 1.807) is 0 Å². The average Bonchev–Trinajstić information content (AvgIpc) is 3.50. The van der Waals surface area contributed by atoms with Crippen LogP contribution in [0.15, 0.2) is 60.7 Å². The highest BCUT2D eigenvalue weighted by atomic mass is 28.4. The first-order valence-corrected chi connectivity index (χ1v) is 15.0. The number of ketones is 1. The minimum atomic E-state index is -2.49. The largest absolute Gasteiger partial charge is 0.407 e. The quantitative estimate of drug-likeness (QED) is 0.391. The van der Waals surface area contributed by atoms with Gasteiger partial charge in [-0.15, -0.1) is 0 Å². The summed E-state index contributed by atoms with van der Waals surface area (Å²) >= 11 is 0. The molecule has 3 aliphatic rings. The molecule has 34 heavy (non-hydrogen) atoms. The molecule has 2 saturated carbocycles. The fourth-order valence-corrected chi connectivity index (χ4v) is 12.2. The molecule has 5 atom stereocenters. The number of carbonyl (C=O) groups is 1. The summed E-state index contributed by atoms with van der Waals surface area (Å²) in [4.78, 5) is 12.3. The van der Waals surface area contributed by atoms with E-state index in [1.807, 2.05) is 0 Å². The number of hydrogen-bond acceptors (Lipinski definition) is 3. The molecule has 3 fully saturated rings. The van der Waals surface area contributed by atoms with Crippen LogP contribution in [0.25, 0.3) is 0 Å². The summed E-state index contributed by atoms with van der Waals surface area (Å²) < 4.78 is 13.3. The maximum absolute atomic E-state index is 12.3. The summed E-state index contributed by atoms with van der Waals surface area (Å²) in [5, 5.41) is 2.68. The molecular formula is C30H40O3Si. The maximum Gasteiger partial charge on any atom is 0.261 e. The Morgan fingerprint density at radius 1 is 1.03 bits per heavy atom. The van der Waals surface area contributed by atoms with Gasteiger partial charge in [-0.3, -0.25) is 4.79 Å². The van der Waals surface area contributed by atoms with Crippen LogP contribution in [-0.2, 0) is 14.0 Å². The molecule has 0 N–H and O–H groups in total. The zero-order valence-electron chi connectivity index (χ0n) is 21.5. The fraction of sp³-hybridized carbons (Fsp3) is 0.567. The highest BCUT2D eigenvalue weighted by Gasteiger charge is 2.76. The van der Waals surface area contributed by atoms with E-state index in [-0.39, 0.29) is 22.2 Å². The van der Waals surface area contributed by atoms with E-state index in [9.17, 15) is 4.79 Å². The topological polar surface area (TPSA) is 38.8 Å². The highest BCUT2D eigenvalue weighted by molar-refractivity contribution is 6.99. The molecule has 3 nitrogen and oxygen atoms in total. The normalized spacial score (nSPS) is 31.6. The second-order valence-corrected chi connectivity index (χ2v) is 16.5. The van der Waals surface area contributed by atoms with Gasteiger partial charge in [0.05, 0.1) is 0 Å². The summed E-state index contributed by atoms with van der Waals surface area (Å²) in [5.41, 5.74) is -0.0253. The first kappa shape index (κ1) is 24.0. The summed E-state index contributed by atoms with van der Waals surface area (Å²) in [6.07, 6.45) is 4.80. The van der Waals surface area contributed by atoms with Gasteiger partial charge >= 0.3 is 0 Å². The van der Waals surface area contributed by atoms with Crippen molar-refractivity contribution in [2.24, 2.45) is 17.3 Å². The number of ether oxygens (including phenoxy) is 1. The van der Waals surface area contributed by atoms with Crippen molar-refractivity contribution in [3.05, 3.63) is 60.7 Å². The minimum Gasteiger partial charge on any atom is -0.407 e. The Morgan fingerprint density at radius 3 is 2.18 bits per heavy atom. The molecule has 2 aromatic rings. The Morgan fingerprint density at radius 2 is 1.62 bits per heavy atom. The van der Waals surface area contributed by atoms with Gasteiger partial charge < -0.3 is 9.16 Å². The molecule has 4 heteroatoms. The van der Waals surface area contributed by atoms with Crippen LogP contribution in [0.4, 0.5) is 0 Å². The highest BCUT2D eigenvalue weighted by Crippen LogP contribution is 2.69. The summed E-state index contributed by atoms with van der Waals surface area (Å²) in [7, 11) is -2.49. The Labute approximate surface area is 206 Å². The monoisotopic (exact) mass is 476 g/mol. The number of epoxide rings is 1. The number of hydrogen-bond donors (Lipinski definition) is 0. The molecular weight excluding hydrogens is 436 g/mol. The van der Waals surface area contributed by atoms with Crippen molar-refractivity contribution < 1.29 is 14.0 Å². The maximum atomic E-state index is 12.3. The van der Waals surface area contributed by atoms with E-state index in [0.29, 0.717) is 24.0 Å². The van der Waals surface area contributed by atoms with Crippen LogP contribution in [0.1, 0.15) is 66.7 Å². The molecule has 0 amide bonds. The molecule has 2 aromatic carbocycles. The van der Waals surface area contributed by atoms with Gasteiger partial charge in [0, 0.05) is 18.4 Å². The first-order valence-electron chi connectivity index (χ1n) is 13.1. The SMILES string of the molecule is C[C@H](CCO[Si](c1ccccc1)(c1ccccc1)C(C)(C)C)[C@H]1CC[C@]23O[C@H]2C(=O)CC[C@]13C. The van der Waals surface area contributed by atoms with Crippen LogP contribution in [0.2, 0.25) is 5.04 Å². The van der Waals surface area contributed by atoms with E-state index >= 15 is 0 Å². The Bertz CT molecular complexity index is 991. The molecule has 1 aliphatic heterocycles. The smallest absolute Gasteiger partial charge is 0.261 e. The molecule has 0 aromatic heterocycles. The third-order valence-corrected chi connectivity index (χ3v) is 14.5. The van der Waals surface area contributed by atoms with Gasteiger partial charge in [-0.05, 0) is 52.9 Å². The van der Waals surface area contributed by atoms with Crippen LogP contribution < -0.4 is 10.4 Å². The second-order valence-electron chi connectivity index (χ2n) is 12.2. The van der Waals surface area contributed by atoms with Gasteiger partial charge in [0.15, 0.2) is 5.78 Å². The van der Waals surface area contributed by atoms with Gasteiger partial charge in [0.25, 0.3) is 8.32 Å². The number of benzene rings is 2. The van der Waals surface area contributed by atoms with Gasteiger partial charge in [-0.2, -0.15) is 0 Å². The third kappa shape index (κ3) is 3.48. The minimum absolute atomic E-state index is 0.00114. The van der Waals surface area contributed by atoms with Crippen LogP contribution in [-0.4, -0.2) is 32.4 Å². The predicted octanol–water partition coefficient (Wildman–Crippen LogP) is 5.51. The fourth-order valence-electron chi connectivity index (χ4n) is 7.60. The Kier molecular flexibility index (Phi) is 5.94. The van der Waals surface area contributed by atoms with Gasteiger partial charge in [0.1, 0.15) is 11.7 Å². The van der Waals surface area contributed by atoms with E-state index < -0.39 is 8.32 Å².